The predicted octanol–water partition coefficient (Wildman–Crippen LogP) is 4.78. The Kier molecular flexibility index (Phi) is 9.54. The lowest BCUT2D eigenvalue weighted by molar-refractivity contribution is 0.0947. The molecule has 1 aliphatic heterocycles. The summed E-state index contributed by atoms with van der Waals surface area (Å²) in [4.78, 5) is 14.9. The first-order chi connectivity index (χ1) is 14.1. The lowest BCUT2D eigenvalue weighted by atomic mass is 9.97. The maximum absolute atomic E-state index is 13.9. The molecule has 4 rings (SSSR count). The van der Waals surface area contributed by atoms with Gasteiger partial charge in [0.2, 0.25) is 0 Å². The molecule has 31 heavy (non-hydrogen) atoms. The molecule has 0 saturated carbocycles. The van der Waals surface area contributed by atoms with Crippen LogP contribution in [-0.2, 0) is 0 Å². The number of nitrogens with zero attached hydrogens (tertiary/aromatic N) is 1. The highest BCUT2D eigenvalue weighted by molar-refractivity contribution is 6.30. The standard InChI is InChI=1S/C23H23ClFN3O.2ClH/c24-21-7-5-17(15-22(21)25)19-3-1-2-16-14-18(4-6-20(16)19)23(29)27-10-13-28-11-8-26-9-12-28;;/h1-7,14-15,26H,8-13H2,(H,27,29);2*1H. The molecule has 4 nitrogen and oxygen atoms in total. The second-order valence-electron chi connectivity index (χ2n) is 7.22. The molecule has 0 spiro atoms. The number of hydrogen-bond acceptors (Lipinski definition) is 3. The molecule has 1 saturated heterocycles. The van der Waals surface area contributed by atoms with Crippen molar-refractivity contribution in [1.29, 1.82) is 0 Å². The maximum Gasteiger partial charge on any atom is 0.251 e. The molecule has 0 radical (unpaired) electrons. The third-order valence-electron chi connectivity index (χ3n) is 5.30. The van der Waals surface area contributed by atoms with Crippen molar-refractivity contribution in [3.05, 3.63) is 71.0 Å². The number of carbonyl (C=O) groups is 1. The molecule has 166 valence electrons. The summed E-state index contributed by atoms with van der Waals surface area (Å²) in [5.74, 6) is -0.522. The van der Waals surface area contributed by atoms with Gasteiger partial charge in [-0.1, -0.05) is 41.9 Å². The van der Waals surface area contributed by atoms with E-state index in [-0.39, 0.29) is 35.7 Å². The van der Waals surface area contributed by atoms with Crippen molar-refractivity contribution in [3.63, 3.8) is 0 Å². The van der Waals surface area contributed by atoms with Gasteiger partial charge in [0.15, 0.2) is 0 Å². The Morgan fingerprint density at radius 1 is 1.06 bits per heavy atom. The third-order valence-corrected chi connectivity index (χ3v) is 5.60. The van der Waals surface area contributed by atoms with Crippen molar-refractivity contribution in [2.24, 2.45) is 0 Å². The number of hydrogen-bond donors (Lipinski definition) is 2. The Morgan fingerprint density at radius 3 is 2.58 bits per heavy atom. The molecule has 2 N–H and O–H groups in total. The molecule has 0 aliphatic carbocycles. The van der Waals surface area contributed by atoms with Crippen LogP contribution in [-0.4, -0.2) is 50.1 Å². The van der Waals surface area contributed by atoms with Gasteiger partial charge in [-0.25, -0.2) is 4.39 Å². The van der Waals surface area contributed by atoms with Gasteiger partial charge >= 0.3 is 0 Å². The number of benzene rings is 3. The zero-order valence-electron chi connectivity index (χ0n) is 16.9. The third kappa shape index (κ3) is 6.09. The van der Waals surface area contributed by atoms with E-state index < -0.39 is 5.82 Å². The zero-order valence-corrected chi connectivity index (χ0v) is 19.3. The molecule has 3 aromatic carbocycles. The van der Waals surface area contributed by atoms with Gasteiger partial charge < -0.3 is 10.6 Å². The van der Waals surface area contributed by atoms with Gasteiger partial charge in [-0.15, -0.1) is 24.8 Å². The highest BCUT2D eigenvalue weighted by Crippen LogP contribution is 2.31. The van der Waals surface area contributed by atoms with Gasteiger partial charge in [0.1, 0.15) is 5.82 Å². The fourth-order valence-electron chi connectivity index (χ4n) is 3.70. The van der Waals surface area contributed by atoms with Crippen LogP contribution in [0.15, 0.2) is 54.6 Å². The molecule has 1 aliphatic rings. The fourth-order valence-corrected chi connectivity index (χ4v) is 3.82. The summed E-state index contributed by atoms with van der Waals surface area (Å²) in [7, 11) is 0. The van der Waals surface area contributed by atoms with E-state index in [1.54, 1.807) is 12.1 Å². The molecule has 1 amide bonds. The zero-order chi connectivity index (χ0) is 20.2. The number of rotatable bonds is 5. The second kappa shape index (κ2) is 11.7. The predicted molar refractivity (Wildman–Crippen MR) is 130 cm³/mol. The van der Waals surface area contributed by atoms with E-state index in [0.717, 1.165) is 54.6 Å². The van der Waals surface area contributed by atoms with E-state index in [4.69, 9.17) is 11.6 Å². The van der Waals surface area contributed by atoms with E-state index >= 15 is 0 Å². The summed E-state index contributed by atoms with van der Waals surface area (Å²) in [6.45, 7) is 5.50. The monoisotopic (exact) mass is 483 g/mol. The van der Waals surface area contributed by atoms with E-state index in [2.05, 4.69) is 15.5 Å². The van der Waals surface area contributed by atoms with Gasteiger partial charge in [0.05, 0.1) is 5.02 Å². The number of fused-ring (bicyclic) bond motifs is 1. The molecular formula is C23H25Cl3FN3O. The largest absolute Gasteiger partial charge is 0.351 e. The highest BCUT2D eigenvalue weighted by Gasteiger charge is 2.12. The van der Waals surface area contributed by atoms with Crippen LogP contribution in [0, 0.1) is 5.82 Å². The number of amides is 1. The second-order valence-corrected chi connectivity index (χ2v) is 7.63. The van der Waals surface area contributed by atoms with Crippen LogP contribution >= 0.6 is 36.4 Å². The van der Waals surface area contributed by atoms with Crippen molar-refractivity contribution < 1.29 is 9.18 Å². The fraction of sp³-hybridized carbons (Fsp3) is 0.261. The van der Waals surface area contributed by atoms with Crippen LogP contribution < -0.4 is 10.6 Å². The smallest absolute Gasteiger partial charge is 0.251 e. The van der Waals surface area contributed by atoms with Gasteiger partial charge in [-0.05, 0) is 46.2 Å². The molecule has 0 atom stereocenters. The first kappa shape index (κ1) is 25.4. The van der Waals surface area contributed by atoms with Crippen molar-refractivity contribution in [1.82, 2.24) is 15.5 Å². The summed E-state index contributed by atoms with van der Waals surface area (Å²) in [5, 5.41) is 8.34. The summed E-state index contributed by atoms with van der Waals surface area (Å²) >= 11 is 5.81. The van der Waals surface area contributed by atoms with E-state index in [1.807, 2.05) is 36.4 Å². The van der Waals surface area contributed by atoms with Crippen LogP contribution in [0.5, 0.6) is 0 Å². The highest BCUT2D eigenvalue weighted by atomic mass is 35.5. The molecule has 1 heterocycles. The molecule has 0 unspecified atom stereocenters. The minimum absolute atomic E-state index is 0. The van der Waals surface area contributed by atoms with E-state index in [0.29, 0.717) is 12.1 Å². The Bertz CT molecular complexity index is 1040. The molecule has 3 aromatic rings. The van der Waals surface area contributed by atoms with Gasteiger partial charge in [0.25, 0.3) is 5.91 Å². The van der Waals surface area contributed by atoms with Crippen molar-refractivity contribution >= 4 is 53.1 Å². The molecule has 0 bridgehead atoms. The molecule has 8 heteroatoms. The lowest BCUT2D eigenvalue weighted by Crippen LogP contribution is -2.46. The first-order valence-electron chi connectivity index (χ1n) is 9.81. The SMILES string of the molecule is Cl.Cl.O=C(NCCN1CCNCC1)c1ccc2c(-c3ccc(Cl)c(F)c3)cccc2c1. The van der Waals surface area contributed by atoms with E-state index in [9.17, 15) is 9.18 Å². The Labute approximate surface area is 199 Å². The Balaban J connectivity index is 0.00000171. The van der Waals surface area contributed by atoms with Gasteiger partial charge in [-0.3, -0.25) is 9.69 Å². The molecule has 1 fully saturated rings. The summed E-state index contributed by atoms with van der Waals surface area (Å²) in [6.07, 6.45) is 0. The van der Waals surface area contributed by atoms with Gasteiger partial charge in [-0.2, -0.15) is 0 Å². The normalized spacial score (nSPS) is 13.9. The number of piperazine rings is 1. The molecular weight excluding hydrogens is 460 g/mol. The number of nitrogens with one attached hydrogen (secondary N) is 2. The summed E-state index contributed by atoms with van der Waals surface area (Å²) in [6, 6.07) is 16.2. The minimum Gasteiger partial charge on any atom is -0.351 e. The average molecular weight is 485 g/mol. The summed E-state index contributed by atoms with van der Waals surface area (Å²) < 4.78 is 13.9. The Hall–Kier alpha value is -1.89. The van der Waals surface area contributed by atoms with Crippen molar-refractivity contribution in [3.8, 4) is 11.1 Å². The van der Waals surface area contributed by atoms with Crippen LogP contribution in [0.2, 0.25) is 5.02 Å². The van der Waals surface area contributed by atoms with Gasteiger partial charge in [0, 0.05) is 44.8 Å². The molecule has 0 aromatic heterocycles. The van der Waals surface area contributed by atoms with Crippen LogP contribution in [0.4, 0.5) is 4.39 Å². The van der Waals surface area contributed by atoms with Crippen LogP contribution in [0.1, 0.15) is 10.4 Å². The maximum atomic E-state index is 13.9. The van der Waals surface area contributed by atoms with Crippen LogP contribution in [0.3, 0.4) is 0 Å². The number of halogens is 4. The lowest BCUT2D eigenvalue weighted by Gasteiger charge is -2.27. The topological polar surface area (TPSA) is 44.4 Å². The van der Waals surface area contributed by atoms with Crippen molar-refractivity contribution in [2.45, 2.75) is 0 Å². The van der Waals surface area contributed by atoms with Crippen LogP contribution in [0.25, 0.3) is 21.9 Å². The van der Waals surface area contributed by atoms with E-state index in [1.165, 1.54) is 6.07 Å². The quantitative estimate of drug-likeness (QED) is 0.548. The minimum atomic E-state index is -0.443. The number of carbonyl (C=O) groups excluding carboxylic acids is 1. The average Bonchev–Trinajstić information content (AvgIpc) is 2.75. The summed E-state index contributed by atoms with van der Waals surface area (Å²) in [5.41, 5.74) is 2.28. The van der Waals surface area contributed by atoms with Crippen molar-refractivity contribution in [2.75, 3.05) is 39.3 Å². The Morgan fingerprint density at radius 2 is 1.84 bits per heavy atom. The first-order valence-corrected chi connectivity index (χ1v) is 10.2.